The first-order chi connectivity index (χ1) is 9.28. The van der Waals surface area contributed by atoms with Crippen LogP contribution in [-0.2, 0) is 0 Å². The van der Waals surface area contributed by atoms with Gasteiger partial charge in [-0.05, 0) is 26.3 Å². The molecule has 3 N–H and O–H groups in total. The molecule has 1 aromatic heterocycles. The molecule has 0 aromatic carbocycles. The fourth-order valence-electron chi connectivity index (χ4n) is 2.25. The van der Waals surface area contributed by atoms with E-state index >= 15 is 0 Å². The van der Waals surface area contributed by atoms with Crippen LogP contribution in [-0.4, -0.2) is 35.6 Å². The maximum atomic E-state index is 4.41. The molecule has 1 saturated heterocycles. The largest absolute Gasteiger partial charge is 0.368 e. The third-order valence-electron chi connectivity index (χ3n) is 3.21. The summed E-state index contributed by atoms with van der Waals surface area (Å²) in [6, 6.07) is 2.49. The van der Waals surface area contributed by atoms with Crippen molar-refractivity contribution in [2.45, 2.75) is 32.2 Å². The number of aryl methyl sites for hydroxylation is 1. The number of aromatic nitrogens is 2. The molecule has 0 aliphatic carbocycles. The Morgan fingerprint density at radius 2 is 2.16 bits per heavy atom. The summed E-state index contributed by atoms with van der Waals surface area (Å²) in [6.07, 6.45) is 5.65. The van der Waals surface area contributed by atoms with Gasteiger partial charge in [0.25, 0.3) is 0 Å². The maximum absolute atomic E-state index is 4.41. The van der Waals surface area contributed by atoms with E-state index in [1.807, 2.05) is 19.1 Å². The first kappa shape index (κ1) is 13.8. The summed E-state index contributed by atoms with van der Waals surface area (Å²) in [4.78, 5) is 8.75. The lowest BCUT2D eigenvalue weighted by atomic mass is 10.1. The number of piperidine rings is 1. The number of anilines is 2. The van der Waals surface area contributed by atoms with Gasteiger partial charge < -0.3 is 16.0 Å². The van der Waals surface area contributed by atoms with Crippen LogP contribution in [0.3, 0.4) is 0 Å². The van der Waals surface area contributed by atoms with Gasteiger partial charge >= 0.3 is 0 Å². The fourth-order valence-corrected chi connectivity index (χ4v) is 2.25. The van der Waals surface area contributed by atoms with Gasteiger partial charge in [0.2, 0.25) is 0 Å². The number of nitrogens with one attached hydrogen (secondary N) is 3. The van der Waals surface area contributed by atoms with E-state index in [1.165, 1.54) is 19.3 Å². The average Bonchev–Trinajstić information content (AvgIpc) is 2.43. The molecule has 0 saturated carbocycles. The van der Waals surface area contributed by atoms with Crippen LogP contribution in [0.1, 0.15) is 25.1 Å². The lowest BCUT2D eigenvalue weighted by molar-refractivity contribution is 0.414. The molecule has 1 aromatic rings. The van der Waals surface area contributed by atoms with E-state index in [4.69, 9.17) is 0 Å². The standard InChI is InChI=1S/C14H23N5/c1-3-7-16-13-9-14(19-11(2)18-13)17-10-12-6-4-5-8-15-12/h3,9,12,15H,1,4-8,10H2,2H3,(H2,16,17,18,19). The monoisotopic (exact) mass is 261 g/mol. The molecule has 5 heteroatoms. The predicted octanol–water partition coefficient (Wildman–Crippen LogP) is 1.94. The number of rotatable bonds is 6. The molecule has 5 nitrogen and oxygen atoms in total. The van der Waals surface area contributed by atoms with Crippen molar-refractivity contribution in [2.75, 3.05) is 30.3 Å². The van der Waals surface area contributed by atoms with E-state index in [0.717, 1.165) is 30.5 Å². The Labute approximate surface area is 114 Å². The maximum Gasteiger partial charge on any atom is 0.132 e. The molecular formula is C14H23N5. The molecule has 1 atom stereocenters. The van der Waals surface area contributed by atoms with Gasteiger partial charge in [0.05, 0.1) is 0 Å². The topological polar surface area (TPSA) is 61.9 Å². The molecule has 1 aliphatic rings. The van der Waals surface area contributed by atoms with Gasteiger partial charge in [-0.1, -0.05) is 12.5 Å². The smallest absolute Gasteiger partial charge is 0.132 e. The van der Waals surface area contributed by atoms with E-state index in [0.29, 0.717) is 12.6 Å². The summed E-state index contributed by atoms with van der Waals surface area (Å²) < 4.78 is 0. The predicted molar refractivity (Wildman–Crippen MR) is 79.6 cm³/mol. The fraction of sp³-hybridized carbons (Fsp3) is 0.571. The zero-order valence-electron chi connectivity index (χ0n) is 11.6. The lowest BCUT2D eigenvalue weighted by Crippen LogP contribution is -2.39. The van der Waals surface area contributed by atoms with Gasteiger partial charge in [-0.2, -0.15) is 0 Å². The van der Waals surface area contributed by atoms with E-state index in [-0.39, 0.29) is 0 Å². The van der Waals surface area contributed by atoms with Crippen molar-refractivity contribution in [3.63, 3.8) is 0 Å². The van der Waals surface area contributed by atoms with E-state index in [1.54, 1.807) is 0 Å². The van der Waals surface area contributed by atoms with Gasteiger partial charge in [-0.3, -0.25) is 0 Å². The Bertz CT molecular complexity index is 412. The Balaban J connectivity index is 1.91. The Kier molecular flexibility index (Phi) is 5.15. The zero-order valence-corrected chi connectivity index (χ0v) is 11.6. The van der Waals surface area contributed by atoms with Crippen molar-refractivity contribution >= 4 is 11.6 Å². The van der Waals surface area contributed by atoms with E-state index in [2.05, 4.69) is 32.5 Å². The normalized spacial score (nSPS) is 18.9. The number of hydrogen-bond donors (Lipinski definition) is 3. The summed E-state index contributed by atoms with van der Waals surface area (Å²) in [6.45, 7) is 8.34. The molecule has 0 spiro atoms. The second-order valence-electron chi connectivity index (χ2n) is 4.88. The molecule has 2 heterocycles. The molecular weight excluding hydrogens is 238 g/mol. The number of nitrogens with zero attached hydrogens (tertiary/aromatic N) is 2. The molecule has 0 amide bonds. The van der Waals surface area contributed by atoms with Crippen molar-refractivity contribution in [1.82, 2.24) is 15.3 Å². The minimum atomic E-state index is 0.550. The van der Waals surface area contributed by atoms with Crippen LogP contribution in [0.5, 0.6) is 0 Å². The van der Waals surface area contributed by atoms with Crippen LogP contribution in [0, 0.1) is 6.92 Å². The molecule has 1 unspecified atom stereocenters. The molecule has 0 radical (unpaired) electrons. The Morgan fingerprint density at radius 3 is 2.84 bits per heavy atom. The third kappa shape index (κ3) is 4.52. The average molecular weight is 261 g/mol. The Morgan fingerprint density at radius 1 is 1.37 bits per heavy atom. The molecule has 0 bridgehead atoms. The summed E-state index contributed by atoms with van der Waals surface area (Å²) in [7, 11) is 0. The van der Waals surface area contributed by atoms with Gasteiger partial charge in [0, 0.05) is 25.2 Å². The van der Waals surface area contributed by atoms with Gasteiger partial charge in [0.15, 0.2) is 0 Å². The van der Waals surface area contributed by atoms with Gasteiger partial charge in [-0.25, -0.2) is 9.97 Å². The van der Waals surface area contributed by atoms with Crippen molar-refractivity contribution < 1.29 is 0 Å². The minimum absolute atomic E-state index is 0.550. The highest BCUT2D eigenvalue weighted by molar-refractivity contribution is 5.47. The lowest BCUT2D eigenvalue weighted by Gasteiger charge is -2.23. The van der Waals surface area contributed by atoms with E-state index < -0.39 is 0 Å². The highest BCUT2D eigenvalue weighted by Crippen LogP contribution is 2.12. The first-order valence-electron chi connectivity index (χ1n) is 6.95. The van der Waals surface area contributed by atoms with Crippen molar-refractivity contribution in [3.05, 3.63) is 24.5 Å². The number of hydrogen-bond acceptors (Lipinski definition) is 5. The highest BCUT2D eigenvalue weighted by Gasteiger charge is 2.12. The van der Waals surface area contributed by atoms with Crippen LogP contribution in [0.15, 0.2) is 18.7 Å². The van der Waals surface area contributed by atoms with Gasteiger partial charge in [0.1, 0.15) is 17.5 Å². The second kappa shape index (κ2) is 7.09. The summed E-state index contributed by atoms with van der Waals surface area (Å²) in [5.41, 5.74) is 0. The Hall–Kier alpha value is -1.62. The second-order valence-corrected chi connectivity index (χ2v) is 4.88. The molecule has 1 aliphatic heterocycles. The molecule has 2 rings (SSSR count). The van der Waals surface area contributed by atoms with Crippen LogP contribution in [0.25, 0.3) is 0 Å². The molecule has 1 fully saturated rings. The van der Waals surface area contributed by atoms with Crippen LogP contribution < -0.4 is 16.0 Å². The summed E-state index contributed by atoms with van der Waals surface area (Å²) in [5, 5.41) is 10.1. The van der Waals surface area contributed by atoms with Crippen molar-refractivity contribution in [3.8, 4) is 0 Å². The summed E-state index contributed by atoms with van der Waals surface area (Å²) >= 11 is 0. The minimum Gasteiger partial charge on any atom is -0.368 e. The quantitative estimate of drug-likeness (QED) is 0.683. The summed E-state index contributed by atoms with van der Waals surface area (Å²) in [5.74, 6) is 2.49. The SMILES string of the molecule is C=CCNc1cc(NCC2CCCCN2)nc(C)n1. The van der Waals surface area contributed by atoms with E-state index in [9.17, 15) is 0 Å². The van der Waals surface area contributed by atoms with Crippen molar-refractivity contribution in [1.29, 1.82) is 0 Å². The van der Waals surface area contributed by atoms with Crippen LogP contribution >= 0.6 is 0 Å². The van der Waals surface area contributed by atoms with Crippen LogP contribution in [0.2, 0.25) is 0 Å². The van der Waals surface area contributed by atoms with Gasteiger partial charge in [-0.15, -0.1) is 6.58 Å². The first-order valence-corrected chi connectivity index (χ1v) is 6.95. The van der Waals surface area contributed by atoms with Crippen molar-refractivity contribution in [2.24, 2.45) is 0 Å². The molecule has 19 heavy (non-hydrogen) atoms. The molecule has 104 valence electrons. The zero-order chi connectivity index (χ0) is 13.5. The van der Waals surface area contributed by atoms with Crippen LogP contribution in [0.4, 0.5) is 11.6 Å². The highest BCUT2D eigenvalue weighted by atomic mass is 15.1. The third-order valence-corrected chi connectivity index (χ3v) is 3.21.